The molecular formula is C14H10ClFN2O2. The Morgan fingerprint density at radius 2 is 2.05 bits per heavy atom. The van der Waals surface area contributed by atoms with Gasteiger partial charge < -0.3 is 5.32 Å². The van der Waals surface area contributed by atoms with Crippen molar-refractivity contribution in [1.82, 2.24) is 10.3 Å². The number of carbonyl (C=O) groups is 2. The molecule has 0 bridgehead atoms. The number of carbonyl (C=O) groups excluding carboxylic acids is 2. The van der Waals surface area contributed by atoms with E-state index >= 15 is 0 Å². The molecule has 0 saturated carbocycles. The number of pyridine rings is 1. The zero-order valence-corrected chi connectivity index (χ0v) is 11.0. The molecule has 1 aromatic carbocycles. The van der Waals surface area contributed by atoms with E-state index in [1.807, 2.05) is 0 Å². The average molecular weight is 293 g/mol. The minimum absolute atomic E-state index is 0.0585. The molecule has 0 atom stereocenters. The van der Waals surface area contributed by atoms with Crippen LogP contribution in [0.4, 0.5) is 4.39 Å². The Balaban J connectivity index is 2.01. The maximum atomic E-state index is 13.0. The summed E-state index contributed by atoms with van der Waals surface area (Å²) in [5.74, 6) is -1.40. The lowest BCUT2D eigenvalue weighted by Gasteiger charge is -2.05. The van der Waals surface area contributed by atoms with Gasteiger partial charge in [-0.2, -0.15) is 0 Å². The first-order valence-corrected chi connectivity index (χ1v) is 6.13. The summed E-state index contributed by atoms with van der Waals surface area (Å²) in [6.07, 6.45) is 1.46. The molecule has 4 nitrogen and oxygen atoms in total. The van der Waals surface area contributed by atoms with Crippen LogP contribution < -0.4 is 5.32 Å². The standard InChI is InChI=1S/C14H10ClFN2O2/c15-13-11(5-2-6-17-13)14(20)18-8-12(19)9-3-1-4-10(16)7-9/h1-7H,8H2,(H,18,20). The molecule has 6 heteroatoms. The Morgan fingerprint density at radius 3 is 2.75 bits per heavy atom. The first-order chi connectivity index (χ1) is 9.58. The Morgan fingerprint density at radius 1 is 1.25 bits per heavy atom. The third-order valence-corrected chi connectivity index (χ3v) is 2.86. The van der Waals surface area contributed by atoms with E-state index in [2.05, 4.69) is 10.3 Å². The highest BCUT2D eigenvalue weighted by Crippen LogP contribution is 2.11. The van der Waals surface area contributed by atoms with Gasteiger partial charge in [0.15, 0.2) is 5.78 Å². The van der Waals surface area contributed by atoms with Crippen molar-refractivity contribution in [3.63, 3.8) is 0 Å². The fourth-order valence-corrected chi connectivity index (χ4v) is 1.78. The van der Waals surface area contributed by atoms with Gasteiger partial charge in [0, 0.05) is 11.8 Å². The quantitative estimate of drug-likeness (QED) is 0.696. The molecule has 2 aromatic rings. The number of nitrogens with zero attached hydrogens (tertiary/aromatic N) is 1. The molecule has 102 valence electrons. The van der Waals surface area contributed by atoms with E-state index in [9.17, 15) is 14.0 Å². The predicted octanol–water partition coefficient (Wildman–Crippen LogP) is 2.49. The normalized spacial score (nSPS) is 10.1. The van der Waals surface area contributed by atoms with E-state index in [1.165, 1.54) is 30.5 Å². The fourth-order valence-electron chi connectivity index (χ4n) is 1.58. The molecule has 0 aliphatic heterocycles. The Hall–Kier alpha value is -2.27. The highest BCUT2D eigenvalue weighted by atomic mass is 35.5. The lowest BCUT2D eigenvalue weighted by molar-refractivity contribution is 0.0904. The fraction of sp³-hybridized carbons (Fsp3) is 0.0714. The molecular weight excluding hydrogens is 283 g/mol. The van der Waals surface area contributed by atoms with Crippen LogP contribution >= 0.6 is 11.6 Å². The van der Waals surface area contributed by atoms with Gasteiger partial charge in [0.2, 0.25) is 0 Å². The second-order valence-corrected chi connectivity index (χ2v) is 4.32. The lowest BCUT2D eigenvalue weighted by Crippen LogP contribution is -2.29. The van der Waals surface area contributed by atoms with Crippen molar-refractivity contribution in [2.45, 2.75) is 0 Å². The molecule has 0 fully saturated rings. The summed E-state index contributed by atoms with van der Waals surface area (Å²) >= 11 is 5.77. The molecule has 1 N–H and O–H groups in total. The van der Waals surface area contributed by atoms with E-state index in [-0.39, 0.29) is 22.8 Å². The second kappa shape index (κ2) is 6.25. The van der Waals surface area contributed by atoms with Gasteiger partial charge in [-0.1, -0.05) is 23.7 Å². The van der Waals surface area contributed by atoms with Gasteiger partial charge in [0.1, 0.15) is 11.0 Å². The van der Waals surface area contributed by atoms with Crippen molar-refractivity contribution in [1.29, 1.82) is 0 Å². The van der Waals surface area contributed by atoms with Crippen molar-refractivity contribution < 1.29 is 14.0 Å². The molecule has 0 aliphatic rings. The number of halogens is 2. The summed E-state index contributed by atoms with van der Waals surface area (Å²) < 4.78 is 13.0. The van der Waals surface area contributed by atoms with Crippen LogP contribution in [-0.4, -0.2) is 23.2 Å². The van der Waals surface area contributed by atoms with Crippen molar-refractivity contribution in [3.05, 3.63) is 64.7 Å². The number of Topliss-reactive ketones (excluding diaryl/α,β-unsaturated/α-hetero) is 1. The van der Waals surface area contributed by atoms with Gasteiger partial charge in [-0.15, -0.1) is 0 Å². The smallest absolute Gasteiger partial charge is 0.254 e. The van der Waals surface area contributed by atoms with Gasteiger partial charge in [0.05, 0.1) is 12.1 Å². The number of benzene rings is 1. The second-order valence-electron chi connectivity index (χ2n) is 3.96. The SMILES string of the molecule is O=C(CNC(=O)c1cccnc1Cl)c1cccc(F)c1. The topological polar surface area (TPSA) is 59.1 Å². The zero-order valence-electron chi connectivity index (χ0n) is 10.3. The summed E-state index contributed by atoms with van der Waals surface area (Å²) in [5, 5.41) is 2.48. The van der Waals surface area contributed by atoms with E-state index in [4.69, 9.17) is 11.6 Å². The van der Waals surface area contributed by atoms with Crippen LogP contribution in [0.1, 0.15) is 20.7 Å². The molecule has 1 amide bonds. The van der Waals surface area contributed by atoms with Crippen molar-refractivity contribution in [2.24, 2.45) is 0 Å². The van der Waals surface area contributed by atoms with Crippen LogP contribution in [0.15, 0.2) is 42.6 Å². The Bertz CT molecular complexity index is 661. The van der Waals surface area contributed by atoms with Crippen LogP contribution in [0.2, 0.25) is 5.15 Å². The summed E-state index contributed by atoms with van der Waals surface area (Å²) in [5.41, 5.74) is 0.379. The van der Waals surface area contributed by atoms with E-state index < -0.39 is 17.5 Å². The summed E-state index contributed by atoms with van der Waals surface area (Å²) in [4.78, 5) is 27.4. The van der Waals surface area contributed by atoms with Crippen LogP contribution in [0, 0.1) is 5.82 Å². The first kappa shape index (κ1) is 14.1. The third-order valence-electron chi connectivity index (χ3n) is 2.56. The largest absolute Gasteiger partial charge is 0.344 e. The maximum Gasteiger partial charge on any atom is 0.254 e. The number of hydrogen-bond acceptors (Lipinski definition) is 3. The highest BCUT2D eigenvalue weighted by molar-refractivity contribution is 6.32. The van der Waals surface area contributed by atoms with Gasteiger partial charge in [-0.3, -0.25) is 9.59 Å². The molecule has 0 spiro atoms. The summed E-state index contributed by atoms with van der Waals surface area (Å²) in [6.45, 7) is -0.243. The lowest BCUT2D eigenvalue weighted by atomic mass is 10.1. The monoisotopic (exact) mass is 292 g/mol. The number of rotatable bonds is 4. The van der Waals surface area contributed by atoms with Crippen LogP contribution in [0.25, 0.3) is 0 Å². The molecule has 0 radical (unpaired) electrons. The molecule has 0 aliphatic carbocycles. The third kappa shape index (κ3) is 3.39. The average Bonchev–Trinajstić information content (AvgIpc) is 2.45. The number of nitrogens with one attached hydrogen (secondary N) is 1. The van der Waals surface area contributed by atoms with Crippen molar-refractivity contribution in [2.75, 3.05) is 6.54 Å². The number of ketones is 1. The van der Waals surface area contributed by atoms with Crippen LogP contribution in [-0.2, 0) is 0 Å². The molecule has 1 heterocycles. The van der Waals surface area contributed by atoms with Crippen molar-refractivity contribution in [3.8, 4) is 0 Å². The molecule has 1 aromatic heterocycles. The summed E-state index contributed by atoms with van der Waals surface area (Å²) in [7, 11) is 0. The van der Waals surface area contributed by atoms with E-state index in [1.54, 1.807) is 6.07 Å². The number of hydrogen-bond donors (Lipinski definition) is 1. The highest BCUT2D eigenvalue weighted by Gasteiger charge is 2.13. The van der Waals surface area contributed by atoms with Crippen LogP contribution in [0.3, 0.4) is 0 Å². The summed E-state index contributed by atoms with van der Waals surface area (Å²) in [6, 6.07) is 8.33. The van der Waals surface area contributed by atoms with E-state index in [0.717, 1.165) is 6.07 Å². The Labute approximate surface area is 119 Å². The van der Waals surface area contributed by atoms with E-state index in [0.29, 0.717) is 0 Å². The first-order valence-electron chi connectivity index (χ1n) is 5.75. The molecule has 20 heavy (non-hydrogen) atoms. The van der Waals surface area contributed by atoms with Gasteiger partial charge >= 0.3 is 0 Å². The van der Waals surface area contributed by atoms with Crippen LogP contribution in [0.5, 0.6) is 0 Å². The van der Waals surface area contributed by atoms with Gasteiger partial charge in [-0.05, 0) is 24.3 Å². The van der Waals surface area contributed by atoms with Gasteiger partial charge in [-0.25, -0.2) is 9.37 Å². The number of aromatic nitrogens is 1. The Kier molecular flexibility index (Phi) is 4.42. The number of amides is 1. The van der Waals surface area contributed by atoms with Crippen molar-refractivity contribution >= 4 is 23.3 Å². The minimum Gasteiger partial charge on any atom is -0.344 e. The molecule has 0 saturated heterocycles. The molecule has 2 rings (SSSR count). The predicted molar refractivity (Wildman–Crippen MR) is 72.3 cm³/mol. The zero-order chi connectivity index (χ0) is 14.5. The van der Waals surface area contributed by atoms with Gasteiger partial charge in [0.25, 0.3) is 5.91 Å². The maximum absolute atomic E-state index is 13.0. The minimum atomic E-state index is -0.507. The molecule has 0 unspecified atom stereocenters.